The van der Waals surface area contributed by atoms with Crippen molar-refractivity contribution in [1.82, 2.24) is 5.32 Å². The van der Waals surface area contributed by atoms with Crippen molar-refractivity contribution in [2.24, 2.45) is 5.92 Å². The molecule has 2 nitrogen and oxygen atoms in total. The lowest BCUT2D eigenvalue weighted by Crippen LogP contribution is -2.23. The Morgan fingerprint density at radius 2 is 2.14 bits per heavy atom. The van der Waals surface area contributed by atoms with E-state index in [1.807, 2.05) is 12.1 Å². The lowest BCUT2D eigenvalue weighted by molar-refractivity contribution is 0.350. The molecular formula is C18H24ClNO. The number of nitrogens with one attached hydrogen (secondary N) is 1. The molecule has 3 heteroatoms. The number of hydrogen-bond acceptors (Lipinski definition) is 2. The first-order valence-electron chi connectivity index (χ1n) is 8.19. The largest absolute Gasteiger partial charge is 0.458 e. The second-order valence-electron chi connectivity index (χ2n) is 6.20. The van der Waals surface area contributed by atoms with Crippen LogP contribution in [0.2, 0.25) is 5.02 Å². The van der Waals surface area contributed by atoms with E-state index in [9.17, 15) is 0 Å². The van der Waals surface area contributed by atoms with E-state index in [-0.39, 0.29) is 0 Å². The van der Waals surface area contributed by atoms with Crippen molar-refractivity contribution in [2.75, 3.05) is 6.54 Å². The standard InChI is InChI=1S/C18H24ClNO/c1-2-10-20-16(11-13-6-3-4-7-13)17-12-14-8-5-9-15(19)18(14)21-17/h5,8-9,12-13,16,20H,2-4,6-7,10-11H2,1H3. The van der Waals surface area contributed by atoms with Crippen LogP contribution in [-0.4, -0.2) is 6.54 Å². The third-order valence-corrected chi connectivity index (χ3v) is 4.84. The Kier molecular flexibility index (Phi) is 4.87. The van der Waals surface area contributed by atoms with Gasteiger partial charge in [-0.3, -0.25) is 0 Å². The molecule has 1 aromatic carbocycles. The maximum absolute atomic E-state index is 6.24. The van der Waals surface area contributed by atoms with E-state index in [4.69, 9.17) is 16.0 Å². The third kappa shape index (κ3) is 3.44. The van der Waals surface area contributed by atoms with E-state index in [0.717, 1.165) is 35.6 Å². The van der Waals surface area contributed by atoms with E-state index < -0.39 is 0 Å². The highest BCUT2D eigenvalue weighted by Gasteiger charge is 2.23. The fourth-order valence-corrected chi connectivity index (χ4v) is 3.64. The summed E-state index contributed by atoms with van der Waals surface area (Å²) in [7, 11) is 0. The Morgan fingerprint density at radius 3 is 2.86 bits per heavy atom. The minimum atomic E-state index is 0.316. The number of para-hydroxylation sites is 1. The van der Waals surface area contributed by atoms with Crippen molar-refractivity contribution in [3.63, 3.8) is 0 Å². The van der Waals surface area contributed by atoms with Crippen LogP contribution in [0, 0.1) is 5.92 Å². The van der Waals surface area contributed by atoms with Crippen LogP contribution in [0.3, 0.4) is 0 Å². The first kappa shape index (κ1) is 14.9. The van der Waals surface area contributed by atoms with Gasteiger partial charge < -0.3 is 9.73 Å². The van der Waals surface area contributed by atoms with Crippen LogP contribution in [0.4, 0.5) is 0 Å². The fourth-order valence-electron chi connectivity index (χ4n) is 3.42. The molecule has 2 aromatic rings. The van der Waals surface area contributed by atoms with Crippen LogP contribution in [-0.2, 0) is 0 Å². The zero-order valence-corrected chi connectivity index (χ0v) is 13.5. The predicted molar refractivity (Wildman–Crippen MR) is 88.8 cm³/mol. The molecule has 1 unspecified atom stereocenters. The number of halogens is 1. The van der Waals surface area contributed by atoms with Gasteiger partial charge in [0.15, 0.2) is 5.58 Å². The van der Waals surface area contributed by atoms with Crippen molar-refractivity contribution >= 4 is 22.6 Å². The Balaban J connectivity index is 1.83. The van der Waals surface area contributed by atoms with Crippen LogP contribution in [0.15, 0.2) is 28.7 Å². The molecule has 1 aliphatic rings. The summed E-state index contributed by atoms with van der Waals surface area (Å²) in [5.74, 6) is 1.88. The van der Waals surface area contributed by atoms with Gasteiger partial charge in [-0.15, -0.1) is 0 Å². The van der Waals surface area contributed by atoms with Gasteiger partial charge >= 0.3 is 0 Å². The van der Waals surface area contributed by atoms with Crippen molar-refractivity contribution in [1.29, 1.82) is 0 Å². The molecule has 1 aromatic heterocycles. The molecule has 0 spiro atoms. The first-order chi connectivity index (χ1) is 10.3. The summed E-state index contributed by atoms with van der Waals surface area (Å²) >= 11 is 6.24. The van der Waals surface area contributed by atoms with Gasteiger partial charge in [-0.1, -0.05) is 56.3 Å². The molecule has 1 fully saturated rings. The lowest BCUT2D eigenvalue weighted by Gasteiger charge is -2.20. The number of benzene rings is 1. The fraction of sp³-hybridized carbons (Fsp3) is 0.556. The monoisotopic (exact) mass is 305 g/mol. The molecule has 0 radical (unpaired) electrons. The van der Waals surface area contributed by atoms with Crippen molar-refractivity contribution in [3.05, 3.63) is 35.0 Å². The molecular weight excluding hydrogens is 282 g/mol. The molecule has 0 saturated heterocycles. The van der Waals surface area contributed by atoms with Gasteiger partial charge in [-0.25, -0.2) is 0 Å². The topological polar surface area (TPSA) is 25.2 Å². The second kappa shape index (κ2) is 6.85. The van der Waals surface area contributed by atoms with Gasteiger partial charge in [-0.2, -0.15) is 0 Å². The molecule has 0 amide bonds. The molecule has 0 aliphatic heterocycles. The number of fused-ring (bicyclic) bond motifs is 1. The van der Waals surface area contributed by atoms with Crippen LogP contribution in [0.5, 0.6) is 0 Å². The molecule has 3 rings (SSSR count). The SMILES string of the molecule is CCCNC(CC1CCCC1)c1cc2cccc(Cl)c2o1. The van der Waals surface area contributed by atoms with Crippen LogP contribution >= 0.6 is 11.6 Å². The summed E-state index contributed by atoms with van der Waals surface area (Å²) < 4.78 is 6.07. The first-order valence-corrected chi connectivity index (χ1v) is 8.57. The maximum atomic E-state index is 6.24. The number of hydrogen-bond donors (Lipinski definition) is 1. The predicted octanol–water partition coefficient (Wildman–Crippen LogP) is 5.71. The number of furan rings is 1. The summed E-state index contributed by atoms with van der Waals surface area (Å²) in [5.41, 5.74) is 0.823. The lowest BCUT2D eigenvalue weighted by atomic mass is 9.96. The maximum Gasteiger partial charge on any atom is 0.152 e. The molecule has 1 atom stereocenters. The Bertz CT molecular complexity index is 586. The summed E-state index contributed by atoms with van der Waals surface area (Å²) in [6.45, 7) is 3.23. The highest BCUT2D eigenvalue weighted by atomic mass is 35.5. The zero-order chi connectivity index (χ0) is 14.7. The van der Waals surface area contributed by atoms with E-state index in [1.165, 1.54) is 32.1 Å². The Morgan fingerprint density at radius 1 is 1.33 bits per heavy atom. The summed E-state index contributed by atoms with van der Waals surface area (Å²) in [5, 5.41) is 5.46. The smallest absolute Gasteiger partial charge is 0.152 e. The van der Waals surface area contributed by atoms with Crippen molar-refractivity contribution in [3.8, 4) is 0 Å². The summed E-state index contributed by atoms with van der Waals surface area (Å²) in [6, 6.07) is 8.42. The van der Waals surface area contributed by atoms with Crippen LogP contribution < -0.4 is 5.32 Å². The van der Waals surface area contributed by atoms with Gasteiger partial charge in [0, 0.05) is 5.39 Å². The number of rotatable bonds is 6. The van der Waals surface area contributed by atoms with Gasteiger partial charge in [0.05, 0.1) is 11.1 Å². The molecule has 1 N–H and O–H groups in total. The molecule has 114 valence electrons. The van der Waals surface area contributed by atoms with Crippen molar-refractivity contribution in [2.45, 2.75) is 51.5 Å². The van der Waals surface area contributed by atoms with Gasteiger partial charge in [0.25, 0.3) is 0 Å². The highest BCUT2D eigenvalue weighted by Crippen LogP contribution is 2.36. The zero-order valence-electron chi connectivity index (χ0n) is 12.7. The normalized spacial score (nSPS) is 17.6. The minimum absolute atomic E-state index is 0.316. The van der Waals surface area contributed by atoms with E-state index in [1.54, 1.807) is 0 Å². The molecule has 1 aliphatic carbocycles. The minimum Gasteiger partial charge on any atom is -0.458 e. The van der Waals surface area contributed by atoms with E-state index in [2.05, 4.69) is 24.4 Å². The summed E-state index contributed by atoms with van der Waals surface area (Å²) in [6.07, 6.45) is 7.82. The Hall–Kier alpha value is -0.990. The molecule has 1 saturated carbocycles. The van der Waals surface area contributed by atoms with E-state index >= 15 is 0 Å². The summed E-state index contributed by atoms with van der Waals surface area (Å²) in [4.78, 5) is 0. The third-order valence-electron chi connectivity index (χ3n) is 4.54. The quantitative estimate of drug-likeness (QED) is 0.739. The van der Waals surface area contributed by atoms with Crippen LogP contribution in [0.25, 0.3) is 11.0 Å². The van der Waals surface area contributed by atoms with Gasteiger partial charge in [0.2, 0.25) is 0 Å². The highest BCUT2D eigenvalue weighted by molar-refractivity contribution is 6.34. The molecule has 21 heavy (non-hydrogen) atoms. The van der Waals surface area contributed by atoms with Gasteiger partial charge in [-0.05, 0) is 37.4 Å². The Labute approximate surface area is 131 Å². The second-order valence-corrected chi connectivity index (χ2v) is 6.61. The van der Waals surface area contributed by atoms with E-state index in [0.29, 0.717) is 11.1 Å². The average molecular weight is 306 g/mol. The molecule has 1 heterocycles. The van der Waals surface area contributed by atoms with Gasteiger partial charge in [0.1, 0.15) is 5.76 Å². The van der Waals surface area contributed by atoms with Crippen molar-refractivity contribution < 1.29 is 4.42 Å². The average Bonchev–Trinajstić information content (AvgIpc) is 3.13. The van der Waals surface area contributed by atoms with Crippen LogP contribution in [0.1, 0.15) is 57.3 Å². The molecule has 0 bridgehead atoms.